The monoisotopic (exact) mass is 463 g/mol. The highest BCUT2D eigenvalue weighted by Gasteiger charge is 2.33. The lowest BCUT2D eigenvalue weighted by Crippen LogP contribution is -2.34. The molecule has 1 aliphatic carbocycles. The minimum atomic E-state index is -0.969. The number of halogens is 2. The van der Waals surface area contributed by atoms with E-state index in [-0.39, 0.29) is 17.4 Å². The van der Waals surface area contributed by atoms with Gasteiger partial charge in [-0.1, -0.05) is 41.4 Å². The van der Waals surface area contributed by atoms with Gasteiger partial charge in [0.05, 0.1) is 22.6 Å². The number of amides is 1. The largest absolute Gasteiger partial charge is 0.481 e. The van der Waals surface area contributed by atoms with Crippen molar-refractivity contribution in [3.63, 3.8) is 0 Å². The van der Waals surface area contributed by atoms with E-state index in [1.165, 1.54) is 17.8 Å². The maximum absolute atomic E-state index is 12.6. The molecule has 5 nitrogen and oxygen atoms in total. The molecule has 30 heavy (non-hydrogen) atoms. The molecule has 0 saturated carbocycles. The molecule has 0 bridgehead atoms. The molecule has 156 valence electrons. The molecule has 2 aromatic rings. The molecule has 0 aliphatic heterocycles. The second kappa shape index (κ2) is 10.2. The van der Waals surface area contributed by atoms with Crippen LogP contribution in [0.1, 0.15) is 23.2 Å². The molecule has 1 amide bonds. The Balaban J connectivity index is 1.63. The number of carbonyl (C=O) groups is 3. The molecular weight excluding hydrogens is 445 g/mol. The van der Waals surface area contributed by atoms with Gasteiger partial charge in [0.2, 0.25) is 5.91 Å². The molecule has 2 atom stereocenters. The minimum Gasteiger partial charge on any atom is -0.481 e. The van der Waals surface area contributed by atoms with E-state index in [2.05, 4.69) is 5.32 Å². The standard InChI is InChI=1S/C22H19Cl2NO4S/c23-13-8-9-18(19(24)10-13)20(26)12-30-15-5-3-4-14(11-15)25-21(27)16-6-1-2-7-17(16)22(28)29/h1-5,8-11,16-17H,6-7,12H2,(H,25,27)(H,28,29). The first-order valence-electron chi connectivity index (χ1n) is 9.25. The van der Waals surface area contributed by atoms with E-state index in [1.807, 2.05) is 12.1 Å². The second-order valence-corrected chi connectivity index (χ2v) is 8.74. The first kappa shape index (κ1) is 22.4. The molecule has 0 fully saturated rings. The van der Waals surface area contributed by atoms with Gasteiger partial charge in [0.15, 0.2) is 5.78 Å². The van der Waals surface area contributed by atoms with Crippen LogP contribution in [0, 0.1) is 11.8 Å². The molecule has 3 rings (SSSR count). The Kier molecular flexibility index (Phi) is 7.58. The first-order valence-corrected chi connectivity index (χ1v) is 11.0. The summed E-state index contributed by atoms with van der Waals surface area (Å²) in [5.74, 6) is -2.59. The molecular formula is C22H19Cl2NO4S. The minimum absolute atomic E-state index is 0.130. The van der Waals surface area contributed by atoms with Crippen molar-refractivity contribution in [1.29, 1.82) is 0 Å². The molecule has 8 heteroatoms. The van der Waals surface area contributed by atoms with Crippen molar-refractivity contribution in [3.8, 4) is 0 Å². The molecule has 0 radical (unpaired) electrons. The van der Waals surface area contributed by atoms with Gasteiger partial charge in [0.25, 0.3) is 0 Å². The van der Waals surface area contributed by atoms with Crippen LogP contribution in [-0.4, -0.2) is 28.5 Å². The fourth-order valence-electron chi connectivity index (χ4n) is 3.22. The van der Waals surface area contributed by atoms with Crippen LogP contribution in [0.15, 0.2) is 59.5 Å². The summed E-state index contributed by atoms with van der Waals surface area (Å²) in [4.78, 5) is 37.3. The predicted molar refractivity (Wildman–Crippen MR) is 120 cm³/mol. The summed E-state index contributed by atoms with van der Waals surface area (Å²) in [6.07, 6.45) is 4.37. The Hall–Kier alpha value is -2.28. The summed E-state index contributed by atoms with van der Waals surface area (Å²) < 4.78 is 0. The smallest absolute Gasteiger partial charge is 0.307 e. The number of carboxylic acids is 1. The van der Waals surface area contributed by atoms with Crippen LogP contribution in [0.3, 0.4) is 0 Å². The molecule has 1 aliphatic rings. The van der Waals surface area contributed by atoms with Crippen molar-refractivity contribution in [3.05, 3.63) is 70.2 Å². The normalized spacial score (nSPS) is 18.1. The van der Waals surface area contributed by atoms with E-state index in [1.54, 1.807) is 36.4 Å². The number of rotatable bonds is 7. The number of carbonyl (C=O) groups excluding carboxylic acids is 2. The van der Waals surface area contributed by atoms with Gasteiger partial charge < -0.3 is 10.4 Å². The lowest BCUT2D eigenvalue weighted by Gasteiger charge is -2.24. The maximum Gasteiger partial charge on any atom is 0.307 e. The average Bonchev–Trinajstić information content (AvgIpc) is 2.72. The number of anilines is 1. The van der Waals surface area contributed by atoms with Gasteiger partial charge in [-0.05, 0) is 49.2 Å². The Labute approximate surface area is 188 Å². The molecule has 0 spiro atoms. The first-order chi connectivity index (χ1) is 14.3. The molecule has 0 aromatic heterocycles. The Morgan fingerprint density at radius 3 is 2.47 bits per heavy atom. The van der Waals surface area contributed by atoms with Crippen molar-refractivity contribution < 1.29 is 19.5 Å². The molecule has 2 N–H and O–H groups in total. The zero-order chi connectivity index (χ0) is 21.7. The Morgan fingerprint density at radius 2 is 1.77 bits per heavy atom. The van der Waals surface area contributed by atoms with E-state index in [0.29, 0.717) is 34.1 Å². The van der Waals surface area contributed by atoms with E-state index >= 15 is 0 Å². The number of allylic oxidation sites excluding steroid dienone is 2. The number of hydrogen-bond acceptors (Lipinski definition) is 4. The highest BCUT2D eigenvalue weighted by atomic mass is 35.5. The average molecular weight is 464 g/mol. The van der Waals surface area contributed by atoms with Gasteiger partial charge >= 0.3 is 5.97 Å². The van der Waals surface area contributed by atoms with E-state index in [4.69, 9.17) is 23.2 Å². The third-order valence-corrected chi connectivity index (χ3v) is 6.33. The van der Waals surface area contributed by atoms with Gasteiger partial charge in [0.1, 0.15) is 0 Å². The number of thioether (sulfide) groups is 1. The maximum atomic E-state index is 12.6. The molecule has 0 heterocycles. The van der Waals surface area contributed by atoms with Crippen LogP contribution in [0.5, 0.6) is 0 Å². The zero-order valence-electron chi connectivity index (χ0n) is 15.8. The topological polar surface area (TPSA) is 83.5 Å². The molecule has 0 saturated heterocycles. The molecule has 2 aromatic carbocycles. The van der Waals surface area contributed by atoms with E-state index < -0.39 is 17.8 Å². The van der Waals surface area contributed by atoms with Crippen LogP contribution >= 0.6 is 35.0 Å². The Morgan fingerprint density at radius 1 is 1.03 bits per heavy atom. The lowest BCUT2D eigenvalue weighted by molar-refractivity contribution is -0.146. The van der Waals surface area contributed by atoms with Crippen LogP contribution in [0.2, 0.25) is 10.0 Å². The van der Waals surface area contributed by atoms with Crippen LogP contribution in [-0.2, 0) is 9.59 Å². The van der Waals surface area contributed by atoms with E-state index in [0.717, 1.165) is 4.90 Å². The van der Waals surface area contributed by atoms with Crippen molar-refractivity contribution in [2.24, 2.45) is 11.8 Å². The third kappa shape index (κ3) is 5.65. The number of hydrogen-bond donors (Lipinski definition) is 2. The number of carboxylic acid groups (broad SMARTS) is 1. The number of ketones is 1. The van der Waals surface area contributed by atoms with Gasteiger partial charge in [-0.25, -0.2) is 0 Å². The fraction of sp³-hybridized carbons (Fsp3) is 0.227. The van der Waals surface area contributed by atoms with Crippen LogP contribution < -0.4 is 5.32 Å². The second-order valence-electron chi connectivity index (χ2n) is 6.85. The van der Waals surface area contributed by atoms with Gasteiger partial charge in [-0.2, -0.15) is 0 Å². The van der Waals surface area contributed by atoms with Gasteiger partial charge in [0, 0.05) is 21.2 Å². The Bertz CT molecular complexity index is 1010. The highest BCUT2D eigenvalue weighted by Crippen LogP contribution is 2.29. The molecule has 2 unspecified atom stereocenters. The fourth-order valence-corrected chi connectivity index (χ4v) is 4.57. The summed E-state index contributed by atoms with van der Waals surface area (Å²) >= 11 is 13.3. The summed E-state index contributed by atoms with van der Waals surface area (Å²) in [5.41, 5.74) is 0.962. The van der Waals surface area contributed by atoms with Crippen molar-refractivity contribution >= 4 is 58.3 Å². The predicted octanol–water partition coefficient (Wildman–Crippen LogP) is 5.57. The quantitative estimate of drug-likeness (QED) is 0.318. The summed E-state index contributed by atoms with van der Waals surface area (Å²) in [6.45, 7) is 0. The number of Topliss-reactive ketones (excluding diaryl/α,β-unsaturated/α-hetero) is 1. The van der Waals surface area contributed by atoms with Crippen molar-refractivity contribution in [2.75, 3.05) is 11.1 Å². The third-order valence-electron chi connectivity index (χ3n) is 4.79. The number of aliphatic carboxylic acids is 1. The zero-order valence-corrected chi connectivity index (χ0v) is 18.1. The highest BCUT2D eigenvalue weighted by molar-refractivity contribution is 8.00. The SMILES string of the molecule is O=C(CSc1cccc(NC(=O)C2CC=CCC2C(=O)O)c1)c1ccc(Cl)cc1Cl. The van der Waals surface area contributed by atoms with E-state index in [9.17, 15) is 19.5 Å². The van der Waals surface area contributed by atoms with Crippen molar-refractivity contribution in [1.82, 2.24) is 0 Å². The summed E-state index contributed by atoms with van der Waals surface area (Å²) in [5, 5.41) is 12.9. The van der Waals surface area contributed by atoms with Crippen molar-refractivity contribution in [2.45, 2.75) is 17.7 Å². The van der Waals surface area contributed by atoms with Crippen LogP contribution in [0.4, 0.5) is 5.69 Å². The number of nitrogens with one attached hydrogen (secondary N) is 1. The summed E-state index contributed by atoms with van der Waals surface area (Å²) in [6, 6.07) is 11.8. The van der Waals surface area contributed by atoms with Gasteiger partial charge in [-0.3, -0.25) is 14.4 Å². The number of benzene rings is 2. The van der Waals surface area contributed by atoms with Gasteiger partial charge in [-0.15, -0.1) is 11.8 Å². The lowest BCUT2D eigenvalue weighted by atomic mass is 9.82. The summed E-state index contributed by atoms with van der Waals surface area (Å²) in [7, 11) is 0. The van der Waals surface area contributed by atoms with Crippen LogP contribution in [0.25, 0.3) is 0 Å².